The first-order valence-corrected chi connectivity index (χ1v) is 5.69. The van der Waals surface area contributed by atoms with Crippen LogP contribution in [0.4, 0.5) is 0 Å². The SMILES string of the molecule is CCC=CCC(C)CCC(CN)C(=O)O. The zero-order chi connectivity index (χ0) is 11.7. The Morgan fingerprint density at radius 1 is 1.40 bits per heavy atom. The predicted molar refractivity (Wildman–Crippen MR) is 62.6 cm³/mol. The highest BCUT2D eigenvalue weighted by Crippen LogP contribution is 2.15. The number of rotatable bonds is 8. The van der Waals surface area contributed by atoms with Crippen molar-refractivity contribution in [1.29, 1.82) is 0 Å². The molecule has 88 valence electrons. The topological polar surface area (TPSA) is 63.3 Å². The Bertz CT molecular complexity index is 202. The molecule has 0 fully saturated rings. The molecule has 0 aromatic rings. The first kappa shape index (κ1) is 14.2. The maximum Gasteiger partial charge on any atom is 0.307 e. The van der Waals surface area contributed by atoms with Gasteiger partial charge in [-0.05, 0) is 31.6 Å². The van der Waals surface area contributed by atoms with Gasteiger partial charge >= 0.3 is 5.97 Å². The minimum absolute atomic E-state index is 0.243. The Balaban J connectivity index is 3.73. The largest absolute Gasteiger partial charge is 0.481 e. The summed E-state index contributed by atoms with van der Waals surface area (Å²) in [7, 11) is 0. The summed E-state index contributed by atoms with van der Waals surface area (Å²) < 4.78 is 0. The summed E-state index contributed by atoms with van der Waals surface area (Å²) in [6.07, 6.45) is 8.03. The van der Waals surface area contributed by atoms with E-state index in [0.29, 0.717) is 12.3 Å². The van der Waals surface area contributed by atoms with Gasteiger partial charge in [-0.25, -0.2) is 0 Å². The molecule has 0 saturated heterocycles. The zero-order valence-electron chi connectivity index (χ0n) is 9.78. The molecule has 0 aromatic heterocycles. The zero-order valence-corrected chi connectivity index (χ0v) is 9.78. The molecule has 15 heavy (non-hydrogen) atoms. The van der Waals surface area contributed by atoms with Crippen LogP contribution in [-0.4, -0.2) is 17.6 Å². The summed E-state index contributed by atoms with van der Waals surface area (Å²) in [6, 6.07) is 0. The summed E-state index contributed by atoms with van der Waals surface area (Å²) in [5.74, 6) is -0.599. The van der Waals surface area contributed by atoms with Crippen LogP contribution in [0.15, 0.2) is 12.2 Å². The average molecular weight is 213 g/mol. The van der Waals surface area contributed by atoms with Crippen LogP contribution in [0.1, 0.15) is 39.5 Å². The van der Waals surface area contributed by atoms with E-state index in [2.05, 4.69) is 26.0 Å². The van der Waals surface area contributed by atoms with Crippen LogP contribution in [0.3, 0.4) is 0 Å². The third kappa shape index (κ3) is 7.14. The Kier molecular flexibility index (Phi) is 8.01. The lowest BCUT2D eigenvalue weighted by Crippen LogP contribution is -2.23. The minimum Gasteiger partial charge on any atom is -0.481 e. The number of hydrogen-bond acceptors (Lipinski definition) is 2. The molecule has 2 unspecified atom stereocenters. The number of aliphatic carboxylic acids is 1. The van der Waals surface area contributed by atoms with Crippen molar-refractivity contribution in [2.24, 2.45) is 17.6 Å². The van der Waals surface area contributed by atoms with Gasteiger partial charge in [0.2, 0.25) is 0 Å². The van der Waals surface area contributed by atoms with Crippen LogP contribution < -0.4 is 5.73 Å². The van der Waals surface area contributed by atoms with E-state index < -0.39 is 5.97 Å². The average Bonchev–Trinajstić information content (AvgIpc) is 2.18. The lowest BCUT2D eigenvalue weighted by Gasteiger charge is -2.12. The van der Waals surface area contributed by atoms with Crippen LogP contribution in [0.2, 0.25) is 0 Å². The van der Waals surface area contributed by atoms with Gasteiger partial charge in [-0.1, -0.05) is 26.0 Å². The maximum atomic E-state index is 10.7. The molecule has 3 heteroatoms. The fraction of sp³-hybridized carbons (Fsp3) is 0.750. The molecule has 0 heterocycles. The van der Waals surface area contributed by atoms with Crippen LogP contribution in [-0.2, 0) is 4.79 Å². The lowest BCUT2D eigenvalue weighted by molar-refractivity contribution is -0.141. The molecule has 3 nitrogen and oxygen atoms in total. The van der Waals surface area contributed by atoms with Crippen LogP contribution >= 0.6 is 0 Å². The minimum atomic E-state index is -0.770. The highest BCUT2D eigenvalue weighted by Gasteiger charge is 2.15. The second-order valence-electron chi connectivity index (χ2n) is 4.07. The fourth-order valence-corrected chi connectivity index (χ4v) is 1.44. The summed E-state index contributed by atoms with van der Waals surface area (Å²) >= 11 is 0. The van der Waals surface area contributed by atoms with E-state index in [-0.39, 0.29) is 12.5 Å². The van der Waals surface area contributed by atoms with E-state index in [1.807, 2.05) is 0 Å². The number of hydrogen-bond donors (Lipinski definition) is 2. The Hall–Kier alpha value is -0.830. The molecule has 0 amide bonds. The lowest BCUT2D eigenvalue weighted by atomic mass is 9.95. The fourth-order valence-electron chi connectivity index (χ4n) is 1.44. The smallest absolute Gasteiger partial charge is 0.307 e. The van der Waals surface area contributed by atoms with Crippen LogP contribution in [0, 0.1) is 11.8 Å². The second-order valence-corrected chi connectivity index (χ2v) is 4.07. The van der Waals surface area contributed by atoms with Gasteiger partial charge in [0.05, 0.1) is 5.92 Å². The number of nitrogens with two attached hydrogens (primary N) is 1. The van der Waals surface area contributed by atoms with E-state index in [0.717, 1.165) is 19.3 Å². The number of allylic oxidation sites excluding steroid dienone is 2. The predicted octanol–water partition coefficient (Wildman–Crippen LogP) is 2.42. The number of carbonyl (C=O) groups is 1. The molecule has 0 radical (unpaired) electrons. The Labute approximate surface area is 92.4 Å². The summed E-state index contributed by atoms with van der Waals surface area (Å²) in [6.45, 7) is 4.50. The first-order valence-electron chi connectivity index (χ1n) is 5.69. The highest BCUT2D eigenvalue weighted by atomic mass is 16.4. The van der Waals surface area contributed by atoms with Gasteiger partial charge in [-0.15, -0.1) is 0 Å². The Morgan fingerprint density at radius 2 is 2.07 bits per heavy atom. The summed E-state index contributed by atoms with van der Waals surface area (Å²) in [5.41, 5.74) is 5.39. The van der Waals surface area contributed by atoms with Gasteiger partial charge in [-0.2, -0.15) is 0 Å². The van der Waals surface area contributed by atoms with Gasteiger partial charge in [-0.3, -0.25) is 4.79 Å². The molecular formula is C12H23NO2. The van der Waals surface area contributed by atoms with Crippen molar-refractivity contribution in [2.45, 2.75) is 39.5 Å². The molecule has 0 rings (SSSR count). The van der Waals surface area contributed by atoms with Gasteiger partial charge in [0.1, 0.15) is 0 Å². The van der Waals surface area contributed by atoms with Crippen molar-refractivity contribution in [3.05, 3.63) is 12.2 Å². The third-order valence-corrected chi connectivity index (χ3v) is 2.58. The normalized spacial score (nSPS) is 15.4. The van der Waals surface area contributed by atoms with Crippen molar-refractivity contribution < 1.29 is 9.90 Å². The summed E-state index contributed by atoms with van der Waals surface area (Å²) in [4.78, 5) is 10.7. The molecule has 0 aliphatic rings. The van der Waals surface area contributed by atoms with Gasteiger partial charge in [0.15, 0.2) is 0 Å². The monoisotopic (exact) mass is 213 g/mol. The van der Waals surface area contributed by atoms with E-state index >= 15 is 0 Å². The molecule has 0 aromatic carbocycles. The van der Waals surface area contributed by atoms with Gasteiger partial charge in [0, 0.05) is 6.54 Å². The van der Waals surface area contributed by atoms with Crippen LogP contribution in [0.5, 0.6) is 0 Å². The van der Waals surface area contributed by atoms with Crippen molar-refractivity contribution in [3.63, 3.8) is 0 Å². The standard InChI is InChI=1S/C12H23NO2/c1-3-4-5-6-10(2)7-8-11(9-13)12(14)15/h4-5,10-11H,3,6-9,13H2,1-2H3,(H,14,15). The van der Waals surface area contributed by atoms with Crippen molar-refractivity contribution >= 4 is 5.97 Å². The molecule has 0 saturated carbocycles. The molecule has 3 N–H and O–H groups in total. The second kappa shape index (κ2) is 8.48. The van der Waals surface area contributed by atoms with E-state index in [1.165, 1.54) is 0 Å². The first-order chi connectivity index (χ1) is 7.11. The molecular weight excluding hydrogens is 190 g/mol. The van der Waals surface area contributed by atoms with E-state index in [9.17, 15) is 4.79 Å². The third-order valence-electron chi connectivity index (χ3n) is 2.58. The van der Waals surface area contributed by atoms with Crippen molar-refractivity contribution in [3.8, 4) is 0 Å². The van der Waals surface area contributed by atoms with Crippen molar-refractivity contribution in [2.75, 3.05) is 6.54 Å². The van der Waals surface area contributed by atoms with Crippen molar-refractivity contribution in [1.82, 2.24) is 0 Å². The van der Waals surface area contributed by atoms with E-state index in [4.69, 9.17) is 10.8 Å². The van der Waals surface area contributed by atoms with E-state index in [1.54, 1.807) is 0 Å². The molecule has 0 bridgehead atoms. The highest BCUT2D eigenvalue weighted by molar-refractivity contribution is 5.70. The van der Waals surface area contributed by atoms with Crippen LogP contribution in [0.25, 0.3) is 0 Å². The number of carboxylic acids is 1. The molecule has 0 aliphatic heterocycles. The quantitative estimate of drug-likeness (QED) is 0.609. The van der Waals surface area contributed by atoms with Gasteiger partial charge in [0.25, 0.3) is 0 Å². The molecule has 2 atom stereocenters. The molecule has 0 spiro atoms. The Morgan fingerprint density at radius 3 is 2.53 bits per heavy atom. The summed E-state index contributed by atoms with van der Waals surface area (Å²) in [5, 5.41) is 8.81. The van der Waals surface area contributed by atoms with Gasteiger partial charge < -0.3 is 10.8 Å². The maximum absolute atomic E-state index is 10.7. The molecule has 0 aliphatic carbocycles. The number of carboxylic acid groups (broad SMARTS) is 1.